The fourth-order valence-corrected chi connectivity index (χ4v) is 6.64. The van der Waals surface area contributed by atoms with Crippen molar-refractivity contribution in [2.24, 2.45) is 0 Å². The first-order chi connectivity index (χ1) is 23.8. The normalized spacial score (nSPS) is 15.0. The Morgan fingerprint density at radius 3 is 2.08 bits per heavy atom. The smallest absolute Gasteiger partial charge is 0.415 e. The second-order valence-electron chi connectivity index (χ2n) is 13.6. The van der Waals surface area contributed by atoms with Crippen molar-refractivity contribution in [2.75, 3.05) is 31.9 Å². The van der Waals surface area contributed by atoms with E-state index in [4.69, 9.17) is 15.2 Å². The highest BCUT2D eigenvalue weighted by atomic mass is 32.2. The van der Waals surface area contributed by atoms with Crippen LogP contribution in [-0.2, 0) is 30.8 Å². The highest BCUT2D eigenvalue weighted by molar-refractivity contribution is 7.89. The van der Waals surface area contributed by atoms with Crippen molar-refractivity contribution in [1.29, 1.82) is 0 Å². The molecule has 3 aromatic rings. The number of ether oxygens (including phenoxy) is 2. The van der Waals surface area contributed by atoms with Crippen molar-refractivity contribution in [3.8, 4) is 5.75 Å². The van der Waals surface area contributed by atoms with E-state index in [1.165, 1.54) is 23.2 Å². The van der Waals surface area contributed by atoms with Crippen molar-refractivity contribution in [1.82, 2.24) is 24.8 Å². The van der Waals surface area contributed by atoms with Crippen LogP contribution in [0.3, 0.4) is 0 Å². The number of carbonyl (C=O) groups excluding carboxylic acids is 4. The van der Waals surface area contributed by atoms with Crippen LogP contribution < -0.4 is 20.5 Å². The Hall–Kier alpha value is -4.67. The summed E-state index contributed by atoms with van der Waals surface area (Å²) in [5.74, 6) is -1.41. The number of nitrogens with two attached hydrogens (primary N) is 1. The van der Waals surface area contributed by atoms with Crippen LogP contribution in [0.1, 0.15) is 50.5 Å². The van der Waals surface area contributed by atoms with Gasteiger partial charge in [0.1, 0.15) is 28.3 Å². The number of hydrogen-bond acceptors (Lipinski definition) is 11. The predicted molar refractivity (Wildman–Crippen MR) is 194 cm³/mol. The van der Waals surface area contributed by atoms with E-state index in [1.54, 1.807) is 88.0 Å². The number of aromatic nitrogens is 1. The minimum Gasteiger partial charge on any atom is -0.458 e. The van der Waals surface area contributed by atoms with Gasteiger partial charge in [-0.05, 0) is 88.7 Å². The summed E-state index contributed by atoms with van der Waals surface area (Å²) >= 11 is 4.48. The quantitative estimate of drug-likeness (QED) is 0.129. The molecule has 1 aliphatic heterocycles. The SMILES string of the molecule is CC(C)(C)OC(=O)[C@H](Cc1ccc(OC(=O)N2CCN(C(=O)c3ccc(N)cc3)CC2)cc1)NC(=O)[C@@H](NS(=O)(=O)c1cccnc1)C(C)(C)S. The lowest BCUT2D eigenvalue weighted by molar-refractivity contribution is -0.158. The number of nitrogens with one attached hydrogen (secondary N) is 2. The maximum absolute atomic E-state index is 13.6. The summed E-state index contributed by atoms with van der Waals surface area (Å²) in [5, 5.41) is 2.65. The summed E-state index contributed by atoms with van der Waals surface area (Å²) in [6.45, 7) is 9.45. The Bertz CT molecular complexity index is 1800. The molecular weight excluding hydrogens is 697 g/mol. The Balaban J connectivity index is 1.41. The van der Waals surface area contributed by atoms with Gasteiger partial charge in [-0.15, -0.1) is 0 Å². The number of amides is 3. The molecule has 2 atom stereocenters. The van der Waals surface area contributed by atoms with E-state index in [2.05, 4.69) is 27.7 Å². The molecule has 4 rings (SSSR count). The minimum atomic E-state index is -4.18. The van der Waals surface area contributed by atoms with Gasteiger partial charge < -0.3 is 30.3 Å². The first-order valence-corrected chi connectivity index (χ1v) is 18.1. The molecule has 1 fully saturated rings. The van der Waals surface area contributed by atoms with Gasteiger partial charge in [0.15, 0.2) is 0 Å². The van der Waals surface area contributed by atoms with E-state index in [1.807, 2.05) is 0 Å². The lowest BCUT2D eigenvalue weighted by atomic mass is 10.0. The van der Waals surface area contributed by atoms with Crippen LogP contribution in [0.5, 0.6) is 5.75 Å². The van der Waals surface area contributed by atoms with E-state index < -0.39 is 50.4 Å². The Morgan fingerprint density at radius 1 is 0.922 bits per heavy atom. The molecule has 0 aliphatic carbocycles. The number of piperazine rings is 1. The number of benzene rings is 2. The molecule has 0 radical (unpaired) electrons. The molecule has 2 aromatic carbocycles. The average molecular weight is 741 g/mol. The number of sulfonamides is 1. The Kier molecular flexibility index (Phi) is 12.4. The van der Waals surface area contributed by atoms with E-state index in [0.29, 0.717) is 29.9 Å². The number of thiol groups is 1. The fourth-order valence-electron chi connectivity index (χ4n) is 5.06. The number of pyridine rings is 1. The highest BCUT2D eigenvalue weighted by Gasteiger charge is 2.39. The van der Waals surface area contributed by atoms with Crippen molar-refractivity contribution in [2.45, 2.75) is 68.4 Å². The van der Waals surface area contributed by atoms with Gasteiger partial charge in [0.2, 0.25) is 15.9 Å². The van der Waals surface area contributed by atoms with Gasteiger partial charge in [-0.25, -0.2) is 18.0 Å². The number of esters is 1. The van der Waals surface area contributed by atoms with Crippen LogP contribution in [-0.4, -0.2) is 95.7 Å². The number of carbonyl (C=O) groups is 4. The summed E-state index contributed by atoms with van der Waals surface area (Å²) in [4.78, 5) is 59.5. The Morgan fingerprint density at radius 2 is 1.53 bits per heavy atom. The molecule has 4 N–H and O–H groups in total. The summed E-state index contributed by atoms with van der Waals surface area (Å²) in [6.07, 6.45) is 1.98. The second-order valence-corrected chi connectivity index (χ2v) is 16.5. The van der Waals surface area contributed by atoms with E-state index in [9.17, 15) is 27.6 Å². The monoisotopic (exact) mass is 740 g/mol. The average Bonchev–Trinajstić information content (AvgIpc) is 3.07. The molecule has 0 bridgehead atoms. The molecule has 1 saturated heterocycles. The maximum Gasteiger partial charge on any atom is 0.415 e. The topological polar surface area (TPSA) is 190 Å². The molecule has 274 valence electrons. The van der Waals surface area contributed by atoms with Crippen molar-refractivity contribution in [3.63, 3.8) is 0 Å². The van der Waals surface area contributed by atoms with Gasteiger partial charge in [0, 0.05) is 61.0 Å². The van der Waals surface area contributed by atoms with Crippen LogP contribution in [0.25, 0.3) is 0 Å². The predicted octanol–water partition coefficient (Wildman–Crippen LogP) is 3.05. The highest BCUT2D eigenvalue weighted by Crippen LogP contribution is 2.22. The van der Waals surface area contributed by atoms with Gasteiger partial charge in [-0.3, -0.25) is 14.6 Å². The van der Waals surface area contributed by atoms with Crippen molar-refractivity contribution >= 4 is 52.2 Å². The van der Waals surface area contributed by atoms with Crippen LogP contribution in [0.4, 0.5) is 10.5 Å². The molecule has 1 aliphatic rings. The van der Waals surface area contributed by atoms with Gasteiger partial charge in [-0.1, -0.05) is 12.1 Å². The van der Waals surface area contributed by atoms with E-state index in [-0.39, 0.29) is 36.1 Å². The maximum atomic E-state index is 13.6. The van der Waals surface area contributed by atoms with Crippen LogP contribution in [0.2, 0.25) is 0 Å². The summed E-state index contributed by atoms with van der Waals surface area (Å²) in [5.41, 5.74) is 6.51. The van der Waals surface area contributed by atoms with Gasteiger partial charge in [-0.2, -0.15) is 17.4 Å². The molecular formula is C35H44N6O8S2. The molecule has 0 unspecified atom stereocenters. The van der Waals surface area contributed by atoms with Crippen LogP contribution in [0, 0.1) is 0 Å². The first kappa shape index (κ1) is 39.1. The summed E-state index contributed by atoms with van der Waals surface area (Å²) in [7, 11) is -4.18. The standard InChI is InChI=1S/C35H44N6O8S2/c1-34(2,3)49-32(44)28(38-30(42)29(35(4,5)50)39-51(46,47)27-7-6-16-37-22-27)21-23-8-14-26(15-9-23)48-33(45)41-19-17-40(18-20-41)31(43)24-10-12-25(36)13-11-24/h6-16,22,28-29,39,50H,17-21,36H2,1-5H3,(H,38,42)/t28-,29+/m0/s1. The largest absolute Gasteiger partial charge is 0.458 e. The summed E-state index contributed by atoms with van der Waals surface area (Å²) in [6, 6.07) is 13.3. The molecule has 16 heteroatoms. The van der Waals surface area contributed by atoms with E-state index in [0.717, 1.165) is 6.20 Å². The molecule has 0 spiro atoms. The number of nitrogen functional groups attached to an aromatic ring is 1. The minimum absolute atomic E-state index is 0.0199. The zero-order valence-corrected chi connectivity index (χ0v) is 30.9. The van der Waals surface area contributed by atoms with Crippen molar-refractivity contribution < 1.29 is 37.1 Å². The molecule has 14 nitrogen and oxygen atoms in total. The van der Waals surface area contributed by atoms with Gasteiger partial charge in [0.25, 0.3) is 5.91 Å². The molecule has 2 heterocycles. The molecule has 51 heavy (non-hydrogen) atoms. The number of nitrogens with zero attached hydrogens (tertiary/aromatic N) is 3. The lowest BCUT2D eigenvalue weighted by Crippen LogP contribution is -2.58. The third-order valence-corrected chi connectivity index (χ3v) is 9.41. The molecule has 1 aromatic heterocycles. The third kappa shape index (κ3) is 11.2. The third-order valence-electron chi connectivity index (χ3n) is 7.75. The number of hydrogen-bond donors (Lipinski definition) is 4. The van der Waals surface area contributed by atoms with Crippen molar-refractivity contribution in [3.05, 3.63) is 84.2 Å². The zero-order valence-electron chi connectivity index (χ0n) is 29.2. The fraction of sp³-hybridized carbons (Fsp3) is 0.400. The molecule has 0 saturated carbocycles. The number of rotatable bonds is 11. The van der Waals surface area contributed by atoms with Gasteiger partial charge >= 0.3 is 12.1 Å². The van der Waals surface area contributed by atoms with Gasteiger partial charge in [0.05, 0.1) is 0 Å². The van der Waals surface area contributed by atoms with Crippen LogP contribution in [0.15, 0.2) is 78.0 Å². The van der Waals surface area contributed by atoms with Crippen LogP contribution >= 0.6 is 12.6 Å². The first-order valence-electron chi connectivity index (χ1n) is 16.2. The lowest BCUT2D eigenvalue weighted by Gasteiger charge is -2.34. The zero-order chi connectivity index (χ0) is 37.6. The Labute approximate surface area is 303 Å². The summed E-state index contributed by atoms with van der Waals surface area (Å²) < 4.78 is 38.5. The second kappa shape index (κ2) is 16.1. The molecule has 3 amide bonds. The number of anilines is 1. The van der Waals surface area contributed by atoms with E-state index >= 15 is 0 Å².